The smallest absolute Gasteiger partial charge is 0.309 e. The largest absolute Gasteiger partial charge is 0.481 e. The predicted molar refractivity (Wildman–Crippen MR) is 91.0 cm³/mol. The average molecular weight is 320 g/mol. The molecule has 3 saturated carbocycles. The lowest BCUT2D eigenvalue weighted by Gasteiger charge is -2.59. The maximum atomic E-state index is 12.0. The van der Waals surface area contributed by atoms with Gasteiger partial charge in [0.15, 0.2) is 0 Å². The Morgan fingerprint density at radius 3 is 2.57 bits per heavy atom. The van der Waals surface area contributed by atoms with E-state index in [1.807, 2.05) is 6.92 Å². The number of carbonyl (C=O) groups is 1. The van der Waals surface area contributed by atoms with E-state index >= 15 is 0 Å². The highest BCUT2D eigenvalue weighted by Gasteiger charge is 2.58. The van der Waals surface area contributed by atoms with Crippen molar-refractivity contribution in [3.63, 3.8) is 0 Å². The molecule has 3 rings (SSSR count). The summed E-state index contributed by atoms with van der Waals surface area (Å²) < 4.78 is 0. The van der Waals surface area contributed by atoms with Crippen molar-refractivity contribution in [1.29, 1.82) is 0 Å². The Kier molecular flexibility index (Phi) is 4.37. The molecule has 3 unspecified atom stereocenters. The van der Waals surface area contributed by atoms with E-state index in [0.29, 0.717) is 11.8 Å². The summed E-state index contributed by atoms with van der Waals surface area (Å²) in [5, 5.41) is 20.1. The lowest BCUT2D eigenvalue weighted by molar-refractivity contribution is -0.171. The number of carboxylic acid groups (broad SMARTS) is 1. The van der Waals surface area contributed by atoms with Crippen LogP contribution in [0.25, 0.3) is 0 Å². The number of aliphatic carboxylic acids is 1. The number of aliphatic hydroxyl groups excluding tert-OH is 1. The Morgan fingerprint density at radius 2 is 1.87 bits per heavy atom. The summed E-state index contributed by atoms with van der Waals surface area (Å²) in [6.07, 6.45) is 8.69. The van der Waals surface area contributed by atoms with Crippen LogP contribution in [0, 0.1) is 28.6 Å². The second kappa shape index (κ2) is 5.91. The van der Waals surface area contributed by atoms with E-state index in [4.69, 9.17) is 0 Å². The number of hydrogen-bond acceptors (Lipinski definition) is 2. The molecule has 130 valence electrons. The molecule has 0 aromatic heterocycles. The highest BCUT2D eigenvalue weighted by molar-refractivity contribution is 5.75. The zero-order chi connectivity index (χ0) is 16.8. The van der Waals surface area contributed by atoms with Crippen molar-refractivity contribution in [3.05, 3.63) is 12.2 Å². The van der Waals surface area contributed by atoms with E-state index in [9.17, 15) is 15.0 Å². The quantitative estimate of drug-likeness (QED) is 0.704. The van der Waals surface area contributed by atoms with Crippen molar-refractivity contribution in [2.24, 2.45) is 28.6 Å². The van der Waals surface area contributed by atoms with Gasteiger partial charge in [-0.2, -0.15) is 0 Å². The van der Waals surface area contributed by atoms with Crippen LogP contribution in [0.4, 0.5) is 0 Å². The minimum Gasteiger partial charge on any atom is -0.481 e. The third-order valence-corrected chi connectivity index (χ3v) is 7.77. The first kappa shape index (κ1) is 17.0. The summed E-state index contributed by atoms with van der Waals surface area (Å²) >= 11 is 0. The molecule has 0 radical (unpaired) electrons. The van der Waals surface area contributed by atoms with Gasteiger partial charge in [0, 0.05) is 0 Å². The van der Waals surface area contributed by atoms with E-state index < -0.39 is 11.4 Å². The minimum atomic E-state index is -0.605. The molecule has 0 spiro atoms. The van der Waals surface area contributed by atoms with Gasteiger partial charge in [0.05, 0.1) is 11.5 Å². The third-order valence-electron chi connectivity index (χ3n) is 7.77. The van der Waals surface area contributed by atoms with E-state index in [0.717, 1.165) is 63.4 Å². The van der Waals surface area contributed by atoms with Crippen molar-refractivity contribution in [1.82, 2.24) is 0 Å². The SMILES string of the molecule is C=C1CCC2CCC3[C@](C)(C(=O)O)CCC[C@@]3(C)[C@@H]2CCC1O. The van der Waals surface area contributed by atoms with Crippen molar-refractivity contribution >= 4 is 5.97 Å². The van der Waals surface area contributed by atoms with Gasteiger partial charge in [0.25, 0.3) is 0 Å². The molecule has 6 atom stereocenters. The number of aliphatic hydroxyl groups is 1. The summed E-state index contributed by atoms with van der Waals surface area (Å²) in [6, 6.07) is 0. The Morgan fingerprint density at radius 1 is 1.13 bits per heavy atom. The molecule has 2 N–H and O–H groups in total. The molecule has 3 fully saturated rings. The molecule has 3 heteroatoms. The summed E-state index contributed by atoms with van der Waals surface area (Å²) in [6.45, 7) is 8.39. The molecule has 3 aliphatic rings. The molecule has 0 aromatic rings. The molecular formula is C20H32O3. The van der Waals surface area contributed by atoms with Gasteiger partial charge in [-0.15, -0.1) is 0 Å². The molecule has 0 aliphatic heterocycles. The average Bonchev–Trinajstić information content (AvgIpc) is 2.49. The van der Waals surface area contributed by atoms with Crippen LogP contribution in [-0.2, 0) is 4.79 Å². The van der Waals surface area contributed by atoms with Crippen LogP contribution in [0.15, 0.2) is 12.2 Å². The summed E-state index contributed by atoms with van der Waals surface area (Å²) in [7, 11) is 0. The highest BCUT2D eigenvalue weighted by Crippen LogP contribution is 2.63. The molecule has 3 nitrogen and oxygen atoms in total. The second-order valence-electron chi connectivity index (χ2n) is 8.87. The normalized spacial score (nSPS) is 47.9. The zero-order valence-corrected chi connectivity index (χ0v) is 14.7. The van der Waals surface area contributed by atoms with Crippen molar-refractivity contribution in [2.45, 2.75) is 77.7 Å². The van der Waals surface area contributed by atoms with Crippen LogP contribution in [0.3, 0.4) is 0 Å². The Bertz CT molecular complexity index is 499. The lowest BCUT2D eigenvalue weighted by atomic mass is 9.45. The van der Waals surface area contributed by atoms with Gasteiger partial charge in [0.1, 0.15) is 0 Å². The first-order valence-electron chi connectivity index (χ1n) is 9.38. The van der Waals surface area contributed by atoms with Gasteiger partial charge >= 0.3 is 5.97 Å². The minimum absolute atomic E-state index is 0.118. The second-order valence-corrected chi connectivity index (χ2v) is 8.87. The molecular weight excluding hydrogens is 288 g/mol. The summed E-state index contributed by atoms with van der Waals surface area (Å²) in [4.78, 5) is 12.0. The van der Waals surface area contributed by atoms with Gasteiger partial charge in [-0.25, -0.2) is 0 Å². The zero-order valence-electron chi connectivity index (χ0n) is 14.7. The van der Waals surface area contributed by atoms with E-state index in [-0.39, 0.29) is 17.4 Å². The Labute approximate surface area is 140 Å². The summed E-state index contributed by atoms with van der Waals surface area (Å²) in [5.41, 5.74) is 0.546. The fourth-order valence-corrected chi connectivity index (χ4v) is 6.37. The van der Waals surface area contributed by atoms with Gasteiger partial charge < -0.3 is 10.2 Å². The first-order chi connectivity index (χ1) is 10.8. The van der Waals surface area contributed by atoms with Crippen molar-refractivity contribution in [2.75, 3.05) is 0 Å². The molecule has 3 aliphatic carbocycles. The Balaban J connectivity index is 1.90. The molecule has 0 saturated heterocycles. The number of fused-ring (bicyclic) bond motifs is 3. The van der Waals surface area contributed by atoms with Crippen LogP contribution in [0.2, 0.25) is 0 Å². The molecule has 0 amide bonds. The number of hydrogen-bond donors (Lipinski definition) is 2. The third kappa shape index (κ3) is 2.65. The topological polar surface area (TPSA) is 57.5 Å². The molecule has 0 aromatic carbocycles. The van der Waals surface area contributed by atoms with Crippen LogP contribution in [0.5, 0.6) is 0 Å². The maximum Gasteiger partial charge on any atom is 0.309 e. The van der Waals surface area contributed by atoms with Crippen LogP contribution >= 0.6 is 0 Å². The van der Waals surface area contributed by atoms with Crippen molar-refractivity contribution < 1.29 is 15.0 Å². The van der Waals surface area contributed by atoms with Gasteiger partial charge in [0.2, 0.25) is 0 Å². The predicted octanol–water partition coefficient (Wildman–Crippen LogP) is 4.40. The van der Waals surface area contributed by atoms with Gasteiger partial charge in [-0.3, -0.25) is 4.79 Å². The fourth-order valence-electron chi connectivity index (χ4n) is 6.37. The summed E-state index contributed by atoms with van der Waals surface area (Å²) in [5.74, 6) is 0.910. The van der Waals surface area contributed by atoms with E-state index in [1.54, 1.807) is 0 Å². The number of rotatable bonds is 1. The standard InChI is InChI=1S/C20H32O3/c1-13-5-6-14-7-10-17-19(2,15(14)8-9-16(13)21)11-4-12-20(17,3)18(22)23/h14-17,21H,1,4-12H2,2-3H3,(H,22,23)/t14?,15-,16?,17?,19+,20-/m1/s1. The molecule has 0 bridgehead atoms. The van der Waals surface area contributed by atoms with E-state index in [1.165, 1.54) is 0 Å². The lowest BCUT2D eigenvalue weighted by Crippen LogP contribution is -2.55. The van der Waals surface area contributed by atoms with Crippen LogP contribution in [0.1, 0.15) is 71.6 Å². The van der Waals surface area contributed by atoms with Crippen LogP contribution < -0.4 is 0 Å². The van der Waals surface area contributed by atoms with Crippen LogP contribution in [-0.4, -0.2) is 22.3 Å². The fraction of sp³-hybridized carbons (Fsp3) is 0.850. The highest BCUT2D eigenvalue weighted by atomic mass is 16.4. The number of carboxylic acids is 1. The monoisotopic (exact) mass is 320 g/mol. The molecule has 0 heterocycles. The van der Waals surface area contributed by atoms with Gasteiger partial charge in [-0.1, -0.05) is 19.9 Å². The van der Waals surface area contributed by atoms with Gasteiger partial charge in [-0.05, 0) is 87.0 Å². The first-order valence-corrected chi connectivity index (χ1v) is 9.38. The Hall–Kier alpha value is -0.830. The molecule has 23 heavy (non-hydrogen) atoms. The van der Waals surface area contributed by atoms with Crippen molar-refractivity contribution in [3.8, 4) is 0 Å². The maximum absolute atomic E-state index is 12.0. The van der Waals surface area contributed by atoms with E-state index in [2.05, 4.69) is 13.5 Å².